The number of rotatable bonds is 8. The third kappa shape index (κ3) is 4.93. The summed E-state index contributed by atoms with van der Waals surface area (Å²) < 4.78 is 22.5. The number of carboxylic acids is 1. The van der Waals surface area contributed by atoms with Crippen molar-refractivity contribution >= 4 is 27.6 Å². The van der Waals surface area contributed by atoms with Gasteiger partial charge in [0, 0.05) is 6.26 Å². The highest BCUT2D eigenvalue weighted by atomic mass is 32.2. The lowest BCUT2D eigenvalue weighted by atomic mass is 10.0. The van der Waals surface area contributed by atoms with Crippen LogP contribution in [0.15, 0.2) is 0 Å². The van der Waals surface area contributed by atoms with Crippen molar-refractivity contribution in [1.29, 1.82) is 0 Å². The predicted octanol–water partition coefficient (Wildman–Crippen LogP) is 0.0755. The molecule has 1 atom stereocenters. The monoisotopic (exact) mass is 362 g/mol. The molecule has 0 saturated heterocycles. The number of nitrogens with one attached hydrogen (secondary N) is 2. The Morgan fingerprint density at radius 2 is 1.71 bits per heavy atom. The fraction of sp³-hybridized carbons (Fsp3) is 0.800. The van der Waals surface area contributed by atoms with Crippen molar-refractivity contribution in [2.24, 2.45) is 5.92 Å². The van der Waals surface area contributed by atoms with Crippen LogP contribution in [0, 0.1) is 5.92 Å². The third-order valence-corrected chi connectivity index (χ3v) is 6.30. The zero-order valence-electron chi connectivity index (χ0n) is 14.3. The molecule has 0 aromatic carbocycles. The van der Waals surface area contributed by atoms with E-state index in [4.69, 9.17) is 5.11 Å². The van der Waals surface area contributed by atoms with Crippen molar-refractivity contribution in [3.05, 3.63) is 0 Å². The largest absolute Gasteiger partial charge is 0.480 e. The average molecular weight is 362 g/mol. The van der Waals surface area contributed by atoms with Crippen molar-refractivity contribution in [2.75, 3.05) is 12.8 Å². The van der Waals surface area contributed by atoms with E-state index in [-0.39, 0.29) is 25.2 Å². The van der Waals surface area contributed by atoms with Crippen LogP contribution in [-0.4, -0.2) is 54.9 Å². The molecule has 0 aromatic heterocycles. The molecule has 0 unspecified atom stereocenters. The highest BCUT2D eigenvalue weighted by Crippen LogP contribution is 2.36. The Hall–Kier alpha value is -1.64. The van der Waals surface area contributed by atoms with Gasteiger partial charge < -0.3 is 15.7 Å². The van der Waals surface area contributed by atoms with E-state index >= 15 is 0 Å². The molecule has 0 aliphatic heterocycles. The maximum absolute atomic E-state index is 12.3. The standard InChI is InChI=1S/C15H26N2O6S/c1-10(2)8-11(13(19)20)17-12(18)9-16-14(21)15(24(3,22)23)6-4-5-7-15/h10-11H,4-9H2,1-3H3,(H,16,21)(H,17,18)(H,19,20)/t11-/m0/s1. The Balaban J connectivity index is 2.66. The molecular weight excluding hydrogens is 336 g/mol. The number of hydrogen-bond donors (Lipinski definition) is 3. The molecule has 2 amide bonds. The first-order valence-electron chi connectivity index (χ1n) is 7.99. The van der Waals surface area contributed by atoms with E-state index in [0.29, 0.717) is 12.8 Å². The number of carboxylic acid groups (broad SMARTS) is 1. The van der Waals surface area contributed by atoms with E-state index < -0.39 is 45.0 Å². The van der Waals surface area contributed by atoms with Gasteiger partial charge in [0.2, 0.25) is 11.8 Å². The first kappa shape index (κ1) is 20.4. The summed E-state index contributed by atoms with van der Waals surface area (Å²) in [5.41, 5.74) is 0. The second kappa shape index (κ2) is 7.96. The summed E-state index contributed by atoms with van der Waals surface area (Å²) in [5.74, 6) is -2.41. The molecular formula is C15H26N2O6S. The molecule has 9 heteroatoms. The summed E-state index contributed by atoms with van der Waals surface area (Å²) in [6.45, 7) is 3.22. The van der Waals surface area contributed by atoms with Gasteiger partial charge in [-0.25, -0.2) is 13.2 Å². The fourth-order valence-corrected chi connectivity index (χ4v) is 4.41. The van der Waals surface area contributed by atoms with Gasteiger partial charge in [0.1, 0.15) is 10.8 Å². The molecule has 0 bridgehead atoms. The quantitative estimate of drug-likeness (QED) is 0.560. The molecule has 1 saturated carbocycles. The van der Waals surface area contributed by atoms with Gasteiger partial charge in [-0.15, -0.1) is 0 Å². The summed E-state index contributed by atoms with van der Waals surface area (Å²) in [7, 11) is -3.60. The van der Waals surface area contributed by atoms with Crippen LogP contribution < -0.4 is 10.6 Å². The van der Waals surface area contributed by atoms with Crippen LogP contribution in [0.4, 0.5) is 0 Å². The Morgan fingerprint density at radius 1 is 1.17 bits per heavy atom. The number of carbonyl (C=O) groups excluding carboxylic acids is 2. The third-order valence-electron chi connectivity index (χ3n) is 4.28. The second-order valence-electron chi connectivity index (χ2n) is 6.74. The SMILES string of the molecule is CC(C)C[C@H](NC(=O)CNC(=O)C1(S(C)(=O)=O)CCCC1)C(=O)O. The van der Waals surface area contributed by atoms with Crippen molar-refractivity contribution in [2.45, 2.75) is 56.7 Å². The Morgan fingerprint density at radius 3 is 2.12 bits per heavy atom. The lowest BCUT2D eigenvalue weighted by Crippen LogP contribution is -2.53. The first-order chi connectivity index (χ1) is 11.0. The summed E-state index contributed by atoms with van der Waals surface area (Å²) in [4.78, 5) is 35.3. The van der Waals surface area contributed by atoms with Gasteiger partial charge in [-0.1, -0.05) is 26.7 Å². The second-order valence-corrected chi connectivity index (χ2v) is 9.07. The van der Waals surface area contributed by atoms with Gasteiger partial charge in [0.25, 0.3) is 0 Å². The normalized spacial score (nSPS) is 18.2. The van der Waals surface area contributed by atoms with E-state index in [9.17, 15) is 22.8 Å². The van der Waals surface area contributed by atoms with Gasteiger partial charge >= 0.3 is 5.97 Å². The van der Waals surface area contributed by atoms with Crippen LogP contribution in [0.3, 0.4) is 0 Å². The van der Waals surface area contributed by atoms with Gasteiger partial charge in [0.05, 0.1) is 6.54 Å². The molecule has 24 heavy (non-hydrogen) atoms. The molecule has 1 aliphatic carbocycles. The van der Waals surface area contributed by atoms with Crippen LogP contribution in [0.5, 0.6) is 0 Å². The van der Waals surface area contributed by atoms with E-state index in [1.807, 2.05) is 13.8 Å². The predicted molar refractivity (Wildman–Crippen MR) is 88.1 cm³/mol. The number of hydrogen-bond acceptors (Lipinski definition) is 5. The van der Waals surface area contributed by atoms with Crippen LogP contribution in [0.2, 0.25) is 0 Å². The molecule has 138 valence electrons. The lowest BCUT2D eigenvalue weighted by molar-refractivity contribution is -0.142. The summed E-state index contributed by atoms with van der Waals surface area (Å²) in [6.07, 6.45) is 3.06. The molecule has 1 aliphatic rings. The fourth-order valence-electron chi connectivity index (χ4n) is 2.97. The lowest BCUT2D eigenvalue weighted by Gasteiger charge is -2.25. The van der Waals surface area contributed by atoms with Crippen molar-refractivity contribution in [3.8, 4) is 0 Å². The first-order valence-corrected chi connectivity index (χ1v) is 9.89. The Bertz CT molecular complexity index is 593. The summed E-state index contributed by atoms with van der Waals surface area (Å²) in [5, 5.41) is 13.8. The van der Waals surface area contributed by atoms with Crippen molar-refractivity contribution in [1.82, 2.24) is 10.6 Å². The van der Waals surface area contributed by atoms with Gasteiger partial charge in [0.15, 0.2) is 9.84 Å². The van der Waals surface area contributed by atoms with Crippen LogP contribution >= 0.6 is 0 Å². The highest BCUT2D eigenvalue weighted by Gasteiger charge is 2.49. The molecule has 0 spiro atoms. The van der Waals surface area contributed by atoms with Crippen molar-refractivity contribution in [3.63, 3.8) is 0 Å². The Kier molecular flexibility index (Phi) is 6.76. The summed E-state index contributed by atoms with van der Waals surface area (Å²) in [6, 6.07) is -1.04. The van der Waals surface area contributed by atoms with E-state index in [1.165, 1.54) is 0 Å². The van der Waals surface area contributed by atoms with E-state index in [0.717, 1.165) is 6.26 Å². The number of carbonyl (C=O) groups is 3. The smallest absolute Gasteiger partial charge is 0.326 e. The van der Waals surface area contributed by atoms with Gasteiger partial charge in [-0.2, -0.15) is 0 Å². The van der Waals surface area contributed by atoms with E-state index in [2.05, 4.69) is 10.6 Å². The summed E-state index contributed by atoms with van der Waals surface area (Å²) >= 11 is 0. The molecule has 0 radical (unpaired) electrons. The average Bonchev–Trinajstić information content (AvgIpc) is 2.93. The van der Waals surface area contributed by atoms with Crippen LogP contribution in [-0.2, 0) is 24.2 Å². The number of amides is 2. The number of sulfone groups is 1. The molecule has 3 N–H and O–H groups in total. The molecule has 0 aromatic rings. The topological polar surface area (TPSA) is 130 Å². The molecule has 1 fully saturated rings. The molecule has 0 heterocycles. The minimum absolute atomic E-state index is 0.0768. The minimum Gasteiger partial charge on any atom is -0.480 e. The van der Waals surface area contributed by atoms with Crippen LogP contribution in [0.1, 0.15) is 46.0 Å². The maximum Gasteiger partial charge on any atom is 0.326 e. The van der Waals surface area contributed by atoms with Gasteiger partial charge in [-0.05, 0) is 25.2 Å². The van der Waals surface area contributed by atoms with Crippen molar-refractivity contribution < 1.29 is 27.9 Å². The number of aliphatic carboxylic acids is 1. The molecule has 8 nitrogen and oxygen atoms in total. The maximum atomic E-state index is 12.3. The van der Waals surface area contributed by atoms with E-state index in [1.54, 1.807) is 0 Å². The van der Waals surface area contributed by atoms with Crippen LogP contribution in [0.25, 0.3) is 0 Å². The minimum atomic E-state index is -3.60. The zero-order valence-corrected chi connectivity index (χ0v) is 15.1. The van der Waals surface area contributed by atoms with Gasteiger partial charge in [-0.3, -0.25) is 9.59 Å². The highest BCUT2D eigenvalue weighted by molar-refractivity contribution is 7.92. The zero-order chi connectivity index (χ0) is 18.5. The molecule has 1 rings (SSSR count). The Labute approximate surface area is 142 Å².